The first-order chi connectivity index (χ1) is 8.37. The number of nitrogens with one attached hydrogen (secondary N) is 2. The van der Waals surface area contributed by atoms with Crippen LogP contribution in [-0.2, 0) is 14.6 Å². The average Bonchev–Trinajstić information content (AvgIpc) is 2.26. The van der Waals surface area contributed by atoms with Gasteiger partial charge in [-0.25, -0.2) is 8.42 Å². The minimum atomic E-state index is -2.98. The number of aryl methyl sites for hydroxylation is 1. The molecule has 0 aromatic heterocycles. The Morgan fingerprint density at radius 1 is 1.22 bits per heavy atom. The lowest BCUT2D eigenvalue weighted by Gasteiger charge is -2.06. The van der Waals surface area contributed by atoms with Gasteiger partial charge in [0.15, 0.2) is 0 Å². The number of anilines is 1. The van der Waals surface area contributed by atoms with Crippen molar-refractivity contribution in [3.63, 3.8) is 0 Å². The molecule has 1 amide bonds. The van der Waals surface area contributed by atoms with Gasteiger partial charge in [0, 0.05) is 18.5 Å². The predicted octanol–water partition coefficient (Wildman–Crippen LogP) is 0.568. The summed E-state index contributed by atoms with van der Waals surface area (Å²) in [5.41, 5.74) is 1.86. The van der Waals surface area contributed by atoms with Gasteiger partial charge in [-0.15, -0.1) is 0 Å². The maximum atomic E-state index is 11.5. The summed E-state index contributed by atoms with van der Waals surface area (Å²) in [6.45, 7) is 2.35. The topological polar surface area (TPSA) is 75.3 Å². The van der Waals surface area contributed by atoms with Crippen LogP contribution in [0.25, 0.3) is 0 Å². The highest BCUT2D eigenvalue weighted by Gasteiger charge is 2.04. The Balaban J connectivity index is 2.28. The third-order valence-corrected chi connectivity index (χ3v) is 3.22. The van der Waals surface area contributed by atoms with Crippen molar-refractivity contribution in [3.05, 3.63) is 29.8 Å². The molecule has 5 nitrogen and oxygen atoms in total. The highest BCUT2D eigenvalue weighted by atomic mass is 32.2. The SMILES string of the molecule is Cc1ccc(NC(=O)CNCCS(C)(=O)=O)cc1. The number of carbonyl (C=O) groups is 1. The van der Waals surface area contributed by atoms with Crippen molar-refractivity contribution < 1.29 is 13.2 Å². The quantitative estimate of drug-likeness (QED) is 0.741. The Morgan fingerprint density at radius 2 is 1.83 bits per heavy atom. The molecule has 0 fully saturated rings. The Kier molecular flexibility index (Phi) is 5.30. The zero-order chi connectivity index (χ0) is 13.6. The molecule has 100 valence electrons. The summed E-state index contributed by atoms with van der Waals surface area (Å²) in [5, 5.41) is 5.50. The first-order valence-electron chi connectivity index (χ1n) is 5.62. The molecule has 0 saturated carbocycles. The molecule has 0 aliphatic rings. The summed E-state index contributed by atoms with van der Waals surface area (Å²) in [5.74, 6) is -0.155. The van der Waals surface area contributed by atoms with Crippen LogP contribution in [0.15, 0.2) is 24.3 Å². The maximum absolute atomic E-state index is 11.5. The predicted molar refractivity (Wildman–Crippen MR) is 72.4 cm³/mol. The van der Waals surface area contributed by atoms with Gasteiger partial charge in [-0.2, -0.15) is 0 Å². The van der Waals surface area contributed by atoms with Crippen molar-refractivity contribution in [2.45, 2.75) is 6.92 Å². The number of benzene rings is 1. The van der Waals surface area contributed by atoms with Crippen LogP contribution in [0, 0.1) is 6.92 Å². The van der Waals surface area contributed by atoms with Crippen LogP contribution in [0.1, 0.15) is 5.56 Å². The normalized spacial score (nSPS) is 11.2. The lowest BCUT2D eigenvalue weighted by Crippen LogP contribution is -2.31. The summed E-state index contributed by atoms with van der Waals surface area (Å²) in [6, 6.07) is 7.47. The third kappa shape index (κ3) is 6.36. The van der Waals surface area contributed by atoms with Gasteiger partial charge < -0.3 is 10.6 Å². The van der Waals surface area contributed by atoms with Crippen molar-refractivity contribution in [2.75, 3.05) is 30.4 Å². The number of carbonyl (C=O) groups excluding carboxylic acids is 1. The van der Waals surface area contributed by atoms with Crippen LogP contribution in [0.4, 0.5) is 5.69 Å². The van der Waals surface area contributed by atoms with E-state index < -0.39 is 9.84 Å². The Labute approximate surface area is 108 Å². The van der Waals surface area contributed by atoms with Crippen molar-refractivity contribution in [1.82, 2.24) is 5.32 Å². The fourth-order valence-corrected chi connectivity index (χ4v) is 1.82. The molecule has 1 aromatic carbocycles. The molecule has 1 aromatic rings. The molecular formula is C12H18N2O3S. The van der Waals surface area contributed by atoms with Gasteiger partial charge in [-0.1, -0.05) is 17.7 Å². The molecule has 18 heavy (non-hydrogen) atoms. The number of hydrogen-bond donors (Lipinski definition) is 2. The molecule has 1 rings (SSSR count). The molecule has 0 spiro atoms. The van der Waals surface area contributed by atoms with E-state index >= 15 is 0 Å². The van der Waals surface area contributed by atoms with Crippen LogP contribution >= 0.6 is 0 Å². The summed E-state index contributed by atoms with van der Waals surface area (Å²) in [7, 11) is -2.98. The van der Waals surface area contributed by atoms with E-state index in [1.54, 1.807) is 0 Å². The van der Waals surface area contributed by atoms with Crippen molar-refractivity contribution in [2.24, 2.45) is 0 Å². The van der Waals surface area contributed by atoms with Crippen molar-refractivity contribution >= 4 is 21.4 Å². The van der Waals surface area contributed by atoms with E-state index in [1.165, 1.54) is 6.26 Å². The van der Waals surface area contributed by atoms with E-state index in [-0.39, 0.29) is 24.7 Å². The lowest BCUT2D eigenvalue weighted by molar-refractivity contribution is -0.115. The van der Waals surface area contributed by atoms with E-state index in [4.69, 9.17) is 0 Å². The van der Waals surface area contributed by atoms with E-state index in [9.17, 15) is 13.2 Å². The molecule has 0 saturated heterocycles. The second-order valence-corrected chi connectivity index (χ2v) is 6.48. The molecule has 2 N–H and O–H groups in total. The largest absolute Gasteiger partial charge is 0.325 e. The van der Waals surface area contributed by atoms with E-state index in [2.05, 4.69) is 10.6 Å². The molecule has 0 atom stereocenters. The first-order valence-corrected chi connectivity index (χ1v) is 7.68. The number of sulfone groups is 1. The fourth-order valence-electron chi connectivity index (χ4n) is 1.30. The number of rotatable bonds is 6. The Bertz CT molecular complexity index is 495. The third-order valence-electron chi connectivity index (χ3n) is 2.27. The molecule has 0 aliphatic heterocycles. The monoisotopic (exact) mass is 270 g/mol. The second-order valence-electron chi connectivity index (χ2n) is 4.22. The van der Waals surface area contributed by atoms with Crippen LogP contribution in [0.5, 0.6) is 0 Å². The highest BCUT2D eigenvalue weighted by Crippen LogP contribution is 2.07. The fraction of sp³-hybridized carbons (Fsp3) is 0.417. The van der Waals surface area contributed by atoms with Crippen LogP contribution in [0.2, 0.25) is 0 Å². The molecule has 0 heterocycles. The van der Waals surface area contributed by atoms with Gasteiger partial charge in [-0.05, 0) is 19.1 Å². The second kappa shape index (κ2) is 6.51. The van der Waals surface area contributed by atoms with Crippen LogP contribution in [0.3, 0.4) is 0 Å². The first kappa shape index (κ1) is 14.7. The Hall–Kier alpha value is -1.40. The van der Waals surface area contributed by atoms with Gasteiger partial charge >= 0.3 is 0 Å². The molecule has 0 unspecified atom stereocenters. The summed E-state index contributed by atoms with van der Waals surface area (Å²) in [4.78, 5) is 11.5. The van der Waals surface area contributed by atoms with Crippen LogP contribution < -0.4 is 10.6 Å². The van der Waals surface area contributed by atoms with E-state index in [1.807, 2.05) is 31.2 Å². The molecule has 0 aliphatic carbocycles. The average molecular weight is 270 g/mol. The van der Waals surface area contributed by atoms with Crippen molar-refractivity contribution in [1.29, 1.82) is 0 Å². The molecule has 0 bridgehead atoms. The van der Waals surface area contributed by atoms with Gasteiger partial charge in [0.05, 0.1) is 12.3 Å². The lowest BCUT2D eigenvalue weighted by atomic mass is 10.2. The highest BCUT2D eigenvalue weighted by molar-refractivity contribution is 7.90. The summed E-state index contributed by atoms with van der Waals surface area (Å²) < 4.78 is 21.7. The number of hydrogen-bond acceptors (Lipinski definition) is 4. The van der Waals surface area contributed by atoms with Crippen LogP contribution in [-0.4, -0.2) is 39.4 Å². The van der Waals surface area contributed by atoms with E-state index in [0.29, 0.717) is 0 Å². The van der Waals surface area contributed by atoms with Gasteiger partial charge in [0.1, 0.15) is 9.84 Å². The minimum absolute atomic E-state index is 0.0326. The van der Waals surface area contributed by atoms with Gasteiger partial charge in [-0.3, -0.25) is 4.79 Å². The number of amides is 1. The van der Waals surface area contributed by atoms with E-state index in [0.717, 1.165) is 11.3 Å². The Morgan fingerprint density at radius 3 is 2.39 bits per heavy atom. The molecular weight excluding hydrogens is 252 g/mol. The van der Waals surface area contributed by atoms with Crippen molar-refractivity contribution in [3.8, 4) is 0 Å². The summed E-state index contributed by atoms with van der Waals surface area (Å²) >= 11 is 0. The molecule has 0 radical (unpaired) electrons. The maximum Gasteiger partial charge on any atom is 0.238 e. The summed E-state index contributed by atoms with van der Waals surface area (Å²) in [6.07, 6.45) is 1.17. The standard InChI is InChI=1S/C12H18N2O3S/c1-10-3-5-11(6-4-10)14-12(15)9-13-7-8-18(2,16)17/h3-6,13H,7-9H2,1-2H3,(H,14,15). The minimum Gasteiger partial charge on any atom is -0.325 e. The van der Waals surface area contributed by atoms with Gasteiger partial charge in [0.25, 0.3) is 0 Å². The smallest absolute Gasteiger partial charge is 0.238 e. The molecule has 6 heteroatoms. The zero-order valence-electron chi connectivity index (χ0n) is 10.6. The van der Waals surface area contributed by atoms with Gasteiger partial charge in [0.2, 0.25) is 5.91 Å². The zero-order valence-corrected chi connectivity index (χ0v) is 11.4.